The van der Waals surface area contributed by atoms with Crippen LogP contribution in [0.1, 0.15) is 23.8 Å². The summed E-state index contributed by atoms with van der Waals surface area (Å²) in [5.74, 6) is 2.20. The van der Waals surface area contributed by atoms with E-state index in [9.17, 15) is 0 Å². The summed E-state index contributed by atoms with van der Waals surface area (Å²) in [7, 11) is 0. The maximum atomic E-state index is 6.03. The SMILES string of the molecule is Cc1ccc(Cl)c(OCc2nnc(CCCCl)o2)c1. The van der Waals surface area contributed by atoms with Gasteiger partial charge in [-0.05, 0) is 31.0 Å². The van der Waals surface area contributed by atoms with Gasteiger partial charge in [-0.2, -0.15) is 0 Å². The molecule has 0 unspecified atom stereocenters. The van der Waals surface area contributed by atoms with Gasteiger partial charge in [0.05, 0.1) is 5.02 Å². The quantitative estimate of drug-likeness (QED) is 0.762. The molecule has 0 aliphatic carbocycles. The van der Waals surface area contributed by atoms with E-state index in [1.807, 2.05) is 19.1 Å². The topological polar surface area (TPSA) is 48.2 Å². The fourth-order valence-electron chi connectivity index (χ4n) is 1.53. The monoisotopic (exact) mass is 300 g/mol. The van der Waals surface area contributed by atoms with Gasteiger partial charge in [-0.1, -0.05) is 17.7 Å². The third-order valence-electron chi connectivity index (χ3n) is 2.47. The number of aromatic nitrogens is 2. The second-order valence-corrected chi connectivity index (χ2v) is 4.89. The molecule has 0 aliphatic heterocycles. The maximum Gasteiger partial charge on any atom is 0.253 e. The van der Waals surface area contributed by atoms with E-state index >= 15 is 0 Å². The van der Waals surface area contributed by atoms with Crippen LogP contribution in [0.4, 0.5) is 0 Å². The fourth-order valence-corrected chi connectivity index (χ4v) is 1.83. The Morgan fingerprint density at radius 2 is 2.05 bits per heavy atom. The number of rotatable bonds is 6. The third kappa shape index (κ3) is 4.11. The summed E-state index contributed by atoms with van der Waals surface area (Å²) in [5.41, 5.74) is 1.08. The van der Waals surface area contributed by atoms with Gasteiger partial charge in [0.25, 0.3) is 5.89 Å². The zero-order valence-electron chi connectivity index (χ0n) is 10.5. The van der Waals surface area contributed by atoms with Crippen molar-refractivity contribution in [1.82, 2.24) is 10.2 Å². The number of benzene rings is 1. The van der Waals surface area contributed by atoms with Crippen LogP contribution < -0.4 is 4.74 Å². The normalized spacial score (nSPS) is 10.7. The van der Waals surface area contributed by atoms with Gasteiger partial charge in [0.15, 0.2) is 6.61 Å². The summed E-state index contributed by atoms with van der Waals surface area (Å²) in [6.45, 7) is 2.18. The Hall–Kier alpha value is -1.26. The highest BCUT2D eigenvalue weighted by Crippen LogP contribution is 2.25. The summed E-state index contributed by atoms with van der Waals surface area (Å²) in [6, 6.07) is 5.59. The number of hydrogen-bond acceptors (Lipinski definition) is 4. The lowest BCUT2D eigenvalue weighted by Gasteiger charge is -2.06. The molecule has 0 saturated carbocycles. The molecule has 1 aromatic heterocycles. The van der Waals surface area contributed by atoms with Crippen molar-refractivity contribution in [2.75, 3.05) is 5.88 Å². The van der Waals surface area contributed by atoms with Crippen molar-refractivity contribution in [2.24, 2.45) is 0 Å². The summed E-state index contributed by atoms with van der Waals surface area (Å²) < 4.78 is 11.0. The lowest BCUT2D eigenvalue weighted by molar-refractivity contribution is 0.259. The van der Waals surface area contributed by atoms with Crippen molar-refractivity contribution in [3.8, 4) is 5.75 Å². The smallest absolute Gasteiger partial charge is 0.253 e. The first-order valence-corrected chi connectivity index (χ1v) is 6.86. The Morgan fingerprint density at radius 1 is 1.26 bits per heavy atom. The van der Waals surface area contributed by atoms with Crippen molar-refractivity contribution in [3.63, 3.8) is 0 Å². The third-order valence-corrected chi connectivity index (χ3v) is 3.05. The molecule has 0 atom stereocenters. The Morgan fingerprint density at radius 3 is 2.84 bits per heavy atom. The van der Waals surface area contributed by atoms with Crippen LogP contribution in [-0.2, 0) is 13.0 Å². The molecule has 0 fully saturated rings. The van der Waals surface area contributed by atoms with Gasteiger partial charge in [0.1, 0.15) is 5.75 Å². The number of hydrogen-bond donors (Lipinski definition) is 0. The molecule has 1 heterocycles. The van der Waals surface area contributed by atoms with E-state index in [4.69, 9.17) is 32.4 Å². The molecule has 0 aliphatic rings. The largest absolute Gasteiger partial charge is 0.482 e. The van der Waals surface area contributed by atoms with Crippen LogP contribution in [0.2, 0.25) is 5.02 Å². The first-order chi connectivity index (χ1) is 9.19. The lowest BCUT2D eigenvalue weighted by atomic mass is 10.2. The number of aryl methyl sites for hydroxylation is 2. The minimum Gasteiger partial charge on any atom is -0.482 e. The molecule has 19 heavy (non-hydrogen) atoms. The van der Waals surface area contributed by atoms with Gasteiger partial charge in [-0.25, -0.2) is 0 Å². The second-order valence-electron chi connectivity index (χ2n) is 4.10. The van der Waals surface area contributed by atoms with Crippen LogP contribution >= 0.6 is 23.2 Å². The summed E-state index contributed by atoms with van der Waals surface area (Å²) in [4.78, 5) is 0. The maximum absolute atomic E-state index is 6.03. The van der Waals surface area contributed by atoms with Crippen molar-refractivity contribution < 1.29 is 9.15 Å². The Balaban J connectivity index is 1.94. The zero-order valence-corrected chi connectivity index (χ0v) is 12.0. The van der Waals surface area contributed by atoms with E-state index in [0.717, 1.165) is 12.0 Å². The summed E-state index contributed by atoms with van der Waals surface area (Å²) >= 11 is 11.6. The molecule has 2 rings (SSSR count). The molecule has 0 radical (unpaired) electrons. The molecule has 0 N–H and O–H groups in total. The highest BCUT2D eigenvalue weighted by atomic mass is 35.5. The molecule has 0 bridgehead atoms. The van der Waals surface area contributed by atoms with Crippen LogP contribution in [0.15, 0.2) is 22.6 Å². The van der Waals surface area contributed by atoms with Crippen molar-refractivity contribution in [1.29, 1.82) is 0 Å². The molecule has 6 heteroatoms. The molecule has 4 nitrogen and oxygen atoms in total. The first-order valence-electron chi connectivity index (χ1n) is 5.95. The average molecular weight is 301 g/mol. The van der Waals surface area contributed by atoms with Crippen LogP contribution in [0.3, 0.4) is 0 Å². The molecule has 2 aromatic rings. The van der Waals surface area contributed by atoms with E-state index in [1.165, 1.54) is 0 Å². The van der Waals surface area contributed by atoms with Gasteiger partial charge in [0.2, 0.25) is 5.89 Å². The number of alkyl halides is 1. The standard InChI is InChI=1S/C13H14Cl2N2O2/c1-9-4-5-10(15)11(7-9)18-8-13-17-16-12(19-13)3-2-6-14/h4-5,7H,2-3,6,8H2,1H3. The van der Waals surface area contributed by atoms with E-state index in [-0.39, 0.29) is 6.61 Å². The summed E-state index contributed by atoms with van der Waals surface area (Å²) in [6.07, 6.45) is 1.50. The van der Waals surface area contributed by atoms with Crippen molar-refractivity contribution in [3.05, 3.63) is 40.6 Å². The molecule has 0 spiro atoms. The highest BCUT2D eigenvalue weighted by Gasteiger charge is 2.08. The van der Waals surface area contributed by atoms with Gasteiger partial charge in [-0.3, -0.25) is 0 Å². The van der Waals surface area contributed by atoms with E-state index in [1.54, 1.807) is 6.07 Å². The van der Waals surface area contributed by atoms with Crippen LogP contribution in [-0.4, -0.2) is 16.1 Å². The predicted octanol–water partition coefficient (Wildman–Crippen LogP) is 3.78. The van der Waals surface area contributed by atoms with Gasteiger partial charge < -0.3 is 9.15 Å². The van der Waals surface area contributed by atoms with Crippen LogP contribution in [0.25, 0.3) is 0 Å². The van der Waals surface area contributed by atoms with Crippen LogP contribution in [0.5, 0.6) is 5.75 Å². The Bertz CT molecular complexity index is 543. The Labute approximate surface area is 121 Å². The molecule has 0 amide bonds. The molecular weight excluding hydrogens is 287 g/mol. The minimum atomic E-state index is 0.205. The average Bonchev–Trinajstić information content (AvgIpc) is 2.85. The second kappa shape index (κ2) is 6.78. The zero-order chi connectivity index (χ0) is 13.7. The minimum absolute atomic E-state index is 0.205. The van der Waals surface area contributed by atoms with Gasteiger partial charge in [-0.15, -0.1) is 21.8 Å². The summed E-state index contributed by atoms with van der Waals surface area (Å²) in [5, 5.41) is 8.39. The van der Waals surface area contributed by atoms with Gasteiger partial charge >= 0.3 is 0 Å². The van der Waals surface area contributed by atoms with Crippen molar-refractivity contribution in [2.45, 2.75) is 26.4 Å². The van der Waals surface area contributed by atoms with E-state index in [2.05, 4.69) is 10.2 Å². The van der Waals surface area contributed by atoms with E-state index < -0.39 is 0 Å². The Kier molecular flexibility index (Phi) is 5.05. The number of nitrogens with zero attached hydrogens (tertiary/aromatic N) is 2. The number of halogens is 2. The molecule has 102 valence electrons. The van der Waals surface area contributed by atoms with E-state index in [0.29, 0.717) is 34.9 Å². The molecule has 1 aromatic carbocycles. The number of ether oxygens (including phenoxy) is 1. The highest BCUT2D eigenvalue weighted by molar-refractivity contribution is 6.32. The lowest BCUT2D eigenvalue weighted by Crippen LogP contribution is -1.96. The predicted molar refractivity (Wildman–Crippen MR) is 73.9 cm³/mol. The fraction of sp³-hybridized carbons (Fsp3) is 0.385. The molecule has 0 saturated heterocycles. The van der Waals surface area contributed by atoms with Crippen molar-refractivity contribution >= 4 is 23.2 Å². The van der Waals surface area contributed by atoms with Gasteiger partial charge in [0, 0.05) is 12.3 Å². The van der Waals surface area contributed by atoms with Crippen LogP contribution in [0, 0.1) is 6.92 Å². The first kappa shape index (κ1) is 14.2. The molecular formula is C13H14Cl2N2O2.